The average molecular weight is 265 g/mol. The number of nitrogens with zero attached hydrogens (tertiary/aromatic N) is 2. The molecule has 2 rings (SSSR count). The second-order valence-corrected chi connectivity index (χ2v) is 5.25. The third-order valence-corrected chi connectivity index (χ3v) is 3.82. The van der Waals surface area contributed by atoms with Crippen LogP contribution >= 0.6 is 0 Å². The molecule has 19 heavy (non-hydrogen) atoms. The van der Waals surface area contributed by atoms with Crippen molar-refractivity contribution in [2.75, 3.05) is 13.2 Å². The first-order valence-corrected chi connectivity index (χ1v) is 6.95. The minimum atomic E-state index is 0.0840. The van der Waals surface area contributed by atoms with Crippen molar-refractivity contribution in [2.24, 2.45) is 0 Å². The van der Waals surface area contributed by atoms with Crippen LogP contribution in [-0.2, 0) is 16.1 Å². The summed E-state index contributed by atoms with van der Waals surface area (Å²) >= 11 is 0. The van der Waals surface area contributed by atoms with Gasteiger partial charge in [-0.1, -0.05) is 0 Å². The minimum absolute atomic E-state index is 0.0840. The maximum absolute atomic E-state index is 11.9. The normalized spacial score (nSPS) is 19.4. The lowest BCUT2D eigenvalue weighted by Gasteiger charge is -2.23. The van der Waals surface area contributed by atoms with Crippen LogP contribution in [0.1, 0.15) is 36.2 Å². The van der Waals surface area contributed by atoms with Gasteiger partial charge >= 0.3 is 0 Å². The minimum Gasteiger partial charge on any atom is -0.379 e. The summed E-state index contributed by atoms with van der Waals surface area (Å²) in [5, 5.41) is 7.47. The summed E-state index contributed by atoms with van der Waals surface area (Å²) in [5.74, 6) is 0.0840. The van der Waals surface area contributed by atoms with Crippen molar-refractivity contribution in [2.45, 2.75) is 52.6 Å². The van der Waals surface area contributed by atoms with E-state index in [1.54, 1.807) is 0 Å². The van der Waals surface area contributed by atoms with Crippen molar-refractivity contribution in [1.82, 2.24) is 15.1 Å². The van der Waals surface area contributed by atoms with Gasteiger partial charge in [0, 0.05) is 25.3 Å². The van der Waals surface area contributed by atoms with Gasteiger partial charge in [0.1, 0.15) is 0 Å². The molecule has 0 saturated carbocycles. The van der Waals surface area contributed by atoms with Crippen LogP contribution in [0.2, 0.25) is 0 Å². The van der Waals surface area contributed by atoms with Crippen LogP contribution in [-0.4, -0.2) is 34.9 Å². The zero-order valence-electron chi connectivity index (χ0n) is 12.0. The van der Waals surface area contributed by atoms with Crippen LogP contribution in [0.25, 0.3) is 0 Å². The molecule has 1 fully saturated rings. The van der Waals surface area contributed by atoms with E-state index in [9.17, 15) is 4.79 Å². The highest BCUT2D eigenvalue weighted by molar-refractivity contribution is 5.76. The summed E-state index contributed by atoms with van der Waals surface area (Å²) in [4.78, 5) is 11.9. The number of amides is 1. The number of nitrogens with one attached hydrogen (secondary N) is 1. The van der Waals surface area contributed by atoms with E-state index in [1.165, 1.54) is 5.56 Å². The number of hydrogen-bond acceptors (Lipinski definition) is 3. The van der Waals surface area contributed by atoms with Crippen molar-refractivity contribution in [3.05, 3.63) is 17.0 Å². The van der Waals surface area contributed by atoms with Crippen LogP contribution in [0.5, 0.6) is 0 Å². The molecule has 1 amide bonds. The number of aryl methyl sites for hydroxylation is 2. The summed E-state index contributed by atoms with van der Waals surface area (Å²) in [6, 6.07) is 0.184. The molecule has 1 N–H and O–H groups in total. The smallest absolute Gasteiger partial charge is 0.222 e. The van der Waals surface area contributed by atoms with Gasteiger partial charge in [-0.15, -0.1) is 0 Å². The fourth-order valence-corrected chi connectivity index (χ4v) is 2.37. The molecule has 5 heteroatoms. The second-order valence-electron chi connectivity index (χ2n) is 5.25. The summed E-state index contributed by atoms with van der Waals surface area (Å²) in [7, 11) is 0. The van der Waals surface area contributed by atoms with Crippen LogP contribution in [0.15, 0.2) is 0 Å². The van der Waals surface area contributed by atoms with Gasteiger partial charge in [-0.25, -0.2) is 0 Å². The highest BCUT2D eigenvalue weighted by Gasteiger charge is 2.16. The Morgan fingerprint density at radius 1 is 1.47 bits per heavy atom. The summed E-state index contributed by atoms with van der Waals surface area (Å²) in [6.07, 6.45) is 2.52. The quantitative estimate of drug-likeness (QED) is 0.897. The van der Waals surface area contributed by atoms with E-state index < -0.39 is 0 Å². The van der Waals surface area contributed by atoms with E-state index in [4.69, 9.17) is 4.74 Å². The fraction of sp³-hybridized carbons (Fsp3) is 0.714. The number of ether oxygens (including phenoxy) is 1. The maximum atomic E-state index is 11.9. The summed E-state index contributed by atoms with van der Waals surface area (Å²) in [5.41, 5.74) is 3.39. The molecule has 0 bridgehead atoms. The first-order valence-electron chi connectivity index (χ1n) is 6.95. The van der Waals surface area contributed by atoms with E-state index in [-0.39, 0.29) is 11.9 Å². The predicted molar refractivity (Wildman–Crippen MR) is 73.0 cm³/mol. The monoisotopic (exact) mass is 265 g/mol. The Balaban J connectivity index is 1.81. The van der Waals surface area contributed by atoms with Gasteiger partial charge in [-0.2, -0.15) is 5.10 Å². The van der Waals surface area contributed by atoms with E-state index in [1.807, 2.05) is 18.5 Å². The van der Waals surface area contributed by atoms with Crippen molar-refractivity contribution >= 4 is 5.91 Å². The van der Waals surface area contributed by atoms with Gasteiger partial charge in [-0.05, 0) is 39.2 Å². The Kier molecular flexibility index (Phi) is 4.58. The Bertz CT molecular complexity index is 448. The van der Waals surface area contributed by atoms with Crippen LogP contribution in [0.4, 0.5) is 0 Å². The average Bonchev–Trinajstić information content (AvgIpc) is 2.65. The molecule has 0 aliphatic carbocycles. The van der Waals surface area contributed by atoms with E-state index in [0.29, 0.717) is 19.6 Å². The van der Waals surface area contributed by atoms with Gasteiger partial charge in [0.15, 0.2) is 0 Å². The molecule has 0 aromatic carbocycles. The predicted octanol–water partition coefficient (Wildman–Crippen LogP) is 1.49. The number of aromatic nitrogens is 2. The topological polar surface area (TPSA) is 56.2 Å². The van der Waals surface area contributed by atoms with E-state index in [2.05, 4.69) is 17.3 Å². The third kappa shape index (κ3) is 3.56. The van der Waals surface area contributed by atoms with Crippen LogP contribution < -0.4 is 5.32 Å². The lowest BCUT2D eigenvalue weighted by Crippen LogP contribution is -2.40. The molecule has 1 saturated heterocycles. The second kappa shape index (κ2) is 6.19. The SMILES string of the molecule is Cc1nn(CCC(=O)N[C@@H]2CCCOC2)c(C)c1C. The zero-order valence-corrected chi connectivity index (χ0v) is 12.0. The van der Waals surface area contributed by atoms with Crippen LogP contribution in [0, 0.1) is 20.8 Å². The molecule has 1 aliphatic heterocycles. The van der Waals surface area contributed by atoms with Crippen molar-refractivity contribution in [3.8, 4) is 0 Å². The fourth-order valence-electron chi connectivity index (χ4n) is 2.37. The highest BCUT2D eigenvalue weighted by atomic mass is 16.5. The van der Waals surface area contributed by atoms with Crippen molar-refractivity contribution < 1.29 is 9.53 Å². The maximum Gasteiger partial charge on any atom is 0.222 e. The lowest BCUT2D eigenvalue weighted by molar-refractivity contribution is -0.123. The molecule has 5 nitrogen and oxygen atoms in total. The zero-order chi connectivity index (χ0) is 13.8. The molecule has 1 atom stereocenters. The molecule has 106 valence electrons. The Morgan fingerprint density at radius 3 is 2.84 bits per heavy atom. The van der Waals surface area contributed by atoms with Crippen LogP contribution in [0.3, 0.4) is 0 Å². The Hall–Kier alpha value is -1.36. The molecule has 0 radical (unpaired) electrons. The number of carbonyl (C=O) groups excluding carboxylic acids is 1. The highest BCUT2D eigenvalue weighted by Crippen LogP contribution is 2.11. The van der Waals surface area contributed by atoms with Gasteiger partial charge in [0.2, 0.25) is 5.91 Å². The molecule has 0 spiro atoms. The summed E-state index contributed by atoms with van der Waals surface area (Å²) in [6.45, 7) is 8.20. The van der Waals surface area contributed by atoms with Gasteiger partial charge in [0.25, 0.3) is 0 Å². The number of hydrogen-bond donors (Lipinski definition) is 1. The van der Waals surface area contributed by atoms with E-state index in [0.717, 1.165) is 30.8 Å². The largest absolute Gasteiger partial charge is 0.379 e. The molecule has 0 unspecified atom stereocenters. The van der Waals surface area contributed by atoms with Gasteiger partial charge in [-0.3, -0.25) is 9.48 Å². The van der Waals surface area contributed by atoms with Crippen molar-refractivity contribution in [1.29, 1.82) is 0 Å². The lowest BCUT2D eigenvalue weighted by atomic mass is 10.1. The number of carbonyl (C=O) groups is 1. The molecular formula is C14H23N3O2. The van der Waals surface area contributed by atoms with Gasteiger partial charge in [0.05, 0.1) is 18.3 Å². The first kappa shape index (κ1) is 14.1. The Morgan fingerprint density at radius 2 is 2.26 bits per heavy atom. The number of rotatable bonds is 4. The van der Waals surface area contributed by atoms with Gasteiger partial charge < -0.3 is 10.1 Å². The summed E-state index contributed by atoms with van der Waals surface area (Å²) < 4.78 is 7.27. The molecule has 2 heterocycles. The Labute approximate surface area is 114 Å². The third-order valence-electron chi connectivity index (χ3n) is 3.82. The molecule has 1 aliphatic rings. The molecule has 1 aromatic rings. The standard InChI is InChI=1S/C14H23N3O2/c1-10-11(2)16-17(12(10)3)7-6-14(18)15-13-5-4-8-19-9-13/h13H,4-9H2,1-3H3,(H,15,18)/t13-/m1/s1. The first-order chi connectivity index (χ1) is 9.08. The molecular weight excluding hydrogens is 242 g/mol. The molecule has 1 aromatic heterocycles. The van der Waals surface area contributed by atoms with E-state index >= 15 is 0 Å². The van der Waals surface area contributed by atoms with Crippen molar-refractivity contribution in [3.63, 3.8) is 0 Å².